The van der Waals surface area contributed by atoms with Gasteiger partial charge in [-0.25, -0.2) is 4.98 Å². The number of imidazole rings is 1. The zero-order valence-corrected chi connectivity index (χ0v) is 14.1. The Hall–Kier alpha value is -2.12. The van der Waals surface area contributed by atoms with Crippen molar-refractivity contribution < 1.29 is 13.9 Å². The highest BCUT2D eigenvalue weighted by molar-refractivity contribution is 5.77. The number of hydrogen-bond donors (Lipinski definition) is 1. The summed E-state index contributed by atoms with van der Waals surface area (Å²) in [5.74, 6) is 0.598. The average Bonchev–Trinajstić information content (AvgIpc) is 3.24. The Labute approximate surface area is 141 Å². The molecule has 7 nitrogen and oxygen atoms in total. The summed E-state index contributed by atoms with van der Waals surface area (Å²) in [7, 11) is 1.98. The number of nitrogens with one attached hydrogen (secondary N) is 1. The lowest BCUT2D eigenvalue weighted by molar-refractivity contribution is -0.123. The Balaban J connectivity index is 1.65. The van der Waals surface area contributed by atoms with E-state index in [1.165, 1.54) is 0 Å². The number of hydrogen-bond acceptors (Lipinski definition) is 5. The molecule has 3 heterocycles. The van der Waals surface area contributed by atoms with Crippen LogP contribution in [0.4, 0.5) is 0 Å². The number of aryl methyl sites for hydroxylation is 1. The van der Waals surface area contributed by atoms with Crippen LogP contribution in [0.3, 0.4) is 0 Å². The summed E-state index contributed by atoms with van der Waals surface area (Å²) in [5, 5.41) is 2.97. The molecule has 1 saturated heterocycles. The number of morpholine rings is 1. The van der Waals surface area contributed by atoms with Crippen LogP contribution < -0.4 is 5.32 Å². The summed E-state index contributed by atoms with van der Waals surface area (Å²) in [6.45, 7) is 5.08. The minimum atomic E-state index is -0.102. The Morgan fingerprint density at radius 2 is 2.38 bits per heavy atom. The van der Waals surface area contributed by atoms with E-state index in [4.69, 9.17) is 9.15 Å². The summed E-state index contributed by atoms with van der Waals surface area (Å²) in [6.07, 6.45) is 5.39. The molecule has 0 spiro atoms. The maximum absolute atomic E-state index is 12.1. The first-order valence-electron chi connectivity index (χ1n) is 8.30. The first-order valence-corrected chi connectivity index (χ1v) is 8.30. The molecule has 0 radical (unpaired) electrons. The standard InChI is InChI=1S/C17H24N4O3/c1-3-21-6-8-24-15(17(21)14-10-18-12-20(14)2)11-19-16(22)9-13-5-4-7-23-13/h4-5,7,10,12,15,17H,3,6,8-9,11H2,1-2H3,(H,19,22)/t15-,17-/m0/s1. The smallest absolute Gasteiger partial charge is 0.227 e. The molecule has 1 N–H and O–H groups in total. The fourth-order valence-corrected chi connectivity index (χ4v) is 3.19. The maximum Gasteiger partial charge on any atom is 0.227 e. The lowest BCUT2D eigenvalue weighted by Gasteiger charge is -2.40. The highest BCUT2D eigenvalue weighted by Crippen LogP contribution is 2.28. The first-order chi connectivity index (χ1) is 11.7. The van der Waals surface area contributed by atoms with Crippen LogP contribution in [0.5, 0.6) is 0 Å². The highest BCUT2D eigenvalue weighted by atomic mass is 16.5. The molecule has 1 aliphatic rings. The van der Waals surface area contributed by atoms with Gasteiger partial charge in [-0.3, -0.25) is 9.69 Å². The van der Waals surface area contributed by atoms with Crippen LogP contribution in [-0.2, 0) is 23.0 Å². The van der Waals surface area contributed by atoms with Crippen LogP contribution >= 0.6 is 0 Å². The molecule has 1 aliphatic heterocycles. The molecular formula is C17H24N4O3. The van der Waals surface area contributed by atoms with Crippen LogP contribution in [0, 0.1) is 0 Å². The van der Waals surface area contributed by atoms with Gasteiger partial charge >= 0.3 is 0 Å². The van der Waals surface area contributed by atoms with Crippen molar-refractivity contribution in [1.29, 1.82) is 0 Å². The van der Waals surface area contributed by atoms with Gasteiger partial charge < -0.3 is 19.0 Å². The van der Waals surface area contributed by atoms with Crippen molar-refractivity contribution in [3.05, 3.63) is 42.4 Å². The lowest BCUT2D eigenvalue weighted by atomic mass is 10.0. The number of nitrogens with zero attached hydrogens (tertiary/aromatic N) is 3. The van der Waals surface area contributed by atoms with Crippen molar-refractivity contribution in [2.24, 2.45) is 7.05 Å². The Morgan fingerprint density at radius 1 is 1.50 bits per heavy atom. The second-order valence-electron chi connectivity index (χ2n) is 5.97. The minimum Gasteiger partial charge on any atom is -0.469 e. The van der Waals surface area contributed by atoms with Gasteiger partial charge in [0, 0.05) is 26.3 Å². The van der Waals surface area contributed by atoms with E-state index >= 15 is 0 Å². The predicted octanol–water partition coefficient (Wildman–Crippen LogP) is 1.13. The van der Waals surface area contributed by atoms with Gasteiger partial charge in [-0.1, -0.05) is 6.92 Å². The third-order valence-electron chi connectivity index (χ3n) is 4.43. The molecule has 130 valence electrons. The van der Waals surface area contributed by atoms with Crippen LogP contribution in [-0.4, -0.2) is 52.7 Å². The summed E-state index contributed by atoms with van der Waals surface area (Å²) < 4.78 is 13.2. The zero-order valence-electron chi connectivity index (χ0n) is 14.1. The maximum atomic E-state index is 12.1. The van der Waals surface area contributed by atoms with E-state index in [0.29, 0.717) is 18.9 Å². The highest BCUT2D eigenvalue weighted by Gasteiger charge is 2.34. The molecule has 0 bridgehead atoms. The number of ether oxygens (including phenoxy) is 1. The summed E-state index contributed by atoms with van der Waals surface area (Å²) >= 11 is 0. The van der Waals surface area contributed by atoms with Crippen molar-refractivity contribution in [3.8, 4) is 0 Å². The quantitative estimate of drug-likeness (QED) is 0.859. The van der Waals surface area contributed by atoms with Gasteiger partial charge in [-0.05, 0) is 18.7 Å². The van der Waals surface area contributed by atoms with Crippen molar-refractivity contribution in [3.63, 3.8) is 0 Å². The molecule has 7 heteroatoms. The number of likely N-dealkylation sites (N-methyl/N-ethyl adjacent to an activating group) is 1. The molecular weight excluding hydrogens is 308 g/mol. The Morgan fingerprint density at radius 3 is 3.04 bits per heavy atom. The molecule has 1 amide bonds. The molecule has 24 heavy (non-hydrogen) atoms. The summed E-state index contributed by atoms with van der Waals surface area (Å²) in [4.78, 5) is 18.7. The monoisotopic (exact) mass is 332 g/mol. The van der Waals surface area contributed by atoms with Gasteiger partial charge in [0.15, 0.2) is 0 Å². The molecule has 0 aromatic carbocycles. The number of carbonyl (C=O) groups excluding carboxylic acids is 1. The van der Waals surface area contributed by atoms with Crippen molar-refractivity contribution in [1.82, 2.24) is 19.8 Å². The van der Waals surface area contributed by atoms with Crippen molar-refractivity contribution in [2.75, 3.05) is 26.2 Å². The summed E-state index contributed by atoms with van der Waals surface area (Å²) in [5.41, 5.74) is 1.10. The molecule has 2 aromatic rings. The van der Waals surface area contributed by atoms with Gasteiger partial charge in [0.05, 0.1) is 43.5 Å². The van der Waals surface area contributed by atoms with Crippen LogP contribution in [0.15, 0.2) is 35.3 Å². The second kappa shape index (κ2) is 7.63. The molecule has 0 aliphatic carbocycles. The normalized spacial score (nSPS) is 21.8. The first kappa shape index (κ1) is 16.7. The molecule has 1 fully saturated rings. The van der Waals surface area contributed by atoms with Gasteiger partial charge in [-0.15, -0.1) is 0 Å². The molecule has 0 unspecified atom stereocenters. The molecule has 2 atom stereocenters. The van der Waals surface area contributed by atoms with Gasteiger partial charge in [0.25, 0.3) is 0 Å². The van der Waals surface area contributed by atoms with Crippen molar-refractivity contribution >= 4 is 5.91 Å². The Kier molecular flexibility index (Phi) is 5.32. The zero-order chi connectivity index (χ0) is 16.9. The van der Waals surface area contributed by atoms with E-state index < -0.39 is 0 Å². The van der Waals surface area contributed by atoms with Crippen LogP contribution in [0.1, 0.15) is 24.4 Å². The third kappa shape index (κ3) is 3.68. The van der Waals surface area contributed by atoms with Crippen molar-refractivity contribution in [2.45, 2.75) is 25.5 Å². The van der Waals surface area contributed by atoms with E-state index in [2.05, 4.69) is 22.1 Å². The average molecular weight is 332 g/mol. The lowest BCUT2D eigenvalue weighted by Crippen LogP contribution is -2.50. The SMILES string of the molecule is CCN1CCO[C@@H](CNC(=O)Cc2ccco2)[C@@H]1c1cncn1C. The van der Waals surface area contributed by atoms with E-state index in [1.54, 1.807) is 24.7 Å². The third-order valence-corrected chi connectivity index (χ3v) is 4.43. The molecule has 0 saturated carbocycles. The van der Waals surface area contributed by atoms with Gasteiger partial charge in [-0.2, -0.15) is 0 Å². The fourth-order valence-electron chi connectivity index (χ4n) is 3.19. The summed E-state index contributed by atoms with van der Waals surface area (Å²) in [6, 6.07) is 3.67. The number of amides is 1. The van der Waals surface area contributed by atoms with Gasteiger partial charge in [0.2, 0.25) is 5.91 Å². The van der Waals surface area contributed by atoms with E-state index in [9.17, 15) is 4.79 Å². The van der Waals surface area contributed by atoms with Crippen LogP contribution in [0.25, 0.3) is 0 Å². The topological polar surface area (TPSA) is 72.5 Å². The number of carbonyl (C=O) groups is 1. The number of furan rings is 1. The number of rotatable bonds is 6. The Bertz CT molecular complexity index is 653. The largest absolute Gasteiger partial charge is 0.469 e. The number of aromatic nitrogens is 2. The van der Waals surface area contributed by atoms with Crippen LogP contribution in [0.2, 0.25) is 0 Å². The van der Waals surface area contributed by atoms with Gasteiger partial charge in [0.1, 0.15) is 5.76 Å². The van der Waals surface area contributed by atoms with E-state index in [-0.39, 0.29) is 24.5 Å². The van der Waals surface area contributed by atoms with E-state index in [0.717, 1.165) is 18.8 Å². The second-order valence-corrected chi connectivity index (χ2v) is 5.97. The predicted molar refractivity (Wildman–Crippen MR) is 88.4 cm³/mol. The minimum absolute atomic E-state index is 0.0640. The fraction of sp³-hybridized carbons (Fsp3) is 0.529. The molecule has 2 aromatic heterocycles. The molecule has 3 rings (SSSR count). The van der Waals surface area contributed by atoms with E-state index in [1.807, 2.05) is 17.8 Å².